The fourth-order valence-electron chi connectivity index (χ4n) is 4.31. The highest BCUT2D eigenvalue weighted by atomic mass is 16.4. The van der Waals surface area contributed by atoms with Gasteiger partial charge in [-0.3, -0.25) is 9.69 Å². The van der Waals surface area contributed by atoms with Crippen molar-refractivity contribution in [3.8, 4) is 0 Å². The Kier molecular flexibility index (Phi) is 3.41. The number of nitrogens with zero attached hydrogens (tertiary/aromatic N) is 1. The van der Waals surface area contributed by atoms with Gasteiger partial charge in [0.25, 0.3) is 0 Å². The van der Waals surface area contributed by atoms with Gasteiger partial charge >= 0.3 is 6.09 Å². The van der Waals surface area contributed by atoms with Crippen LogP contribution in [0.3, 0.4) is 0 Å². The molecule has 1 aliphatic carbocycles. The predicted octanol–water partition coefficient (Wildman–Crippen LogP) is 3.96. The second-order valence-corrected chi connectivity index (χ2v) is 8.18. The zero-order chi connectivity index (χ0) is 18.7. The molecule has 1 spiro atoms. The van der Waals surface area contributed by atoms with Gasteiger partial charge in [0.2, 0.25) is 5.91 Å². The van der Waals surface area contributed by atoms with Crippen LogP contribution >= 0.6 is 0 Å². The first-order chi connectivity index (χ1) is 12.2. The first kappa shape index (κ1) is 16.6. The molecule has 2 N–H and O–H groups in total. The molecule has 1 aliphatic heterocycles. The van der Waals surface area contributed by atoms with Crippen molar-refractivity contribution in [3.63, 3.8) is 0 Å². The van der Waals surface area contributed by atoms with E-state index >= 15 is 0 Å². The number of hydrogen-bond acceptors (Lipinski definition) is 2. The quantitative estimate of drug-likeness (QED) is 0.818. The number of fused-ring (bicyclic) bond motifs is 3. The van der Waals surface area contributed by atoms with Crippen molar-refractivity contribution in [1.29, 1.82) is 0 Å². The minimum Gasteiger partial charge on any atom is -0.465 e. The van der Waals surface area contributed by atoms with Crippen LogP contribution in [0.15, 0.2) is 42.5 Å². The van der Waals surface area contributed by atoms with Crippen molar-refractivity contribution >= 4 is 23.4 Å². The molecule has 134 valence electrons. The average molecular weight is 350 g/mol. The van der Waals surface area contributed by atoms with Crippen molar-refractivity contribution in [2.75, 3.05) is 10.2 Å². The Morgan fingerprint density at radius 1 is 1.12 bits per heavy atom. The second kappa shape index (κ2) is 5.34. The van der Waals surface area contributed by atoms with Gasteiger partial charge in [0.05, 0.1) is 5.41 Å². The molecule has 2 aromatic carbocycles. The largest absolute Gasteiger partial charge is 0.465 e. The van der Waals surface area contributed by atoms with E-state index < -0.39 is 17.0 Å². The molecule has 2 aromatic rings. The molecule has 26 heavy (non-hydrogen) atoms. The molecular formula is C21H22N2O3. The van der Waals surface area contributed by atoms with Crippen LogP contribution in [-0.4, -0.2) is 22.6 Å². The van der Waals surface area contributed by atoms with E-state index in [4.69, 9.17) is 0 Å². The highest BCUT2D eigenvalue weighted by molar-refractivity contribution is 6.07. The van der Waals surface area contributed by atoms with E-state index in [1.807, 2.05) is 63.2 Å². The number of nitrogens with one attached hydrogen (secondary N) is 1. The molecule has 0 fully saturated rings. The van der Waals surface area contributed by atoms with Crippen LogP contribution in [0.1, 0.15) is 37.5 Å². The third-order valence-electron chi connectivity index (χ3n) is 5.42. The Balaban J connectivity index is 1.76. The van der Waals surface area contributed by atoms with E-state index in [1.165, 1.54) is 4.90 Å². The summed E-state index contributed by atoms with van der Waals surface area (Å²) in [5.41, 5.74) is 3.60. The maximum absolute atomic E-state index is 12.8. The smallest absolute Gasteiger partial charge is 0.412 e. The van der Waals surface area contributed by atoms with Crippen LogP contribution < -0.4 is 10.2 Å². The molecule has 0 aromatic heterocycles. The first-order valence-corrected chi connectivity index (χ1v) is 8.78. The minimum atomic E-state index is -0.978. The number of carboxylic acid groups (broad SMARTS) is 1. The number of carbonyl (C=O) groups is 2. The molecule has 2 aliphatic rings. The van der Waals surface area contributed by atoms with Crippen molar-refractivity contribution in [3.05, 3.63) is 59.2 Å². The van der Waals surface area contributed by atoms with Crippen LogP contribution in [0, 0.1) is 0 Å². The third kappa shape index (κ3) is 2.30. The number of anilines is 2. The highest BCUT2D eigenvalue weighted by Crippen LogP contribution is 2.48. The van der Waals surface area contributed by atoms with Crippen LogP contribution in [-0.2, 0) is 23.1 Å². The summed E-state index contributed by atoms with van der Waals surface area (Å²) in [4.78, 5) is 25.9. The van der Waals surface area contributed by atoms with Gasteiger partial charge in [-0.25, -0.2) is 4.79 Å². The summed E-state index contributed by atoms with van der Waals surface area (Å²) in [6.07, 6.45) is 0.263. The van der Waals surface area contributed by atoms with Crippen molar-refractivity contribution in [1.82, 2.24) is 0 Å². The van der Waals surface area contributed by atoms with Crippen LogP contribution in [0.4, 0.5) is 16.2 Å². The highest BCUT2D eigenvalue weighted by Gasteiger charge is 2.50. The Bertz CT molecular complexity index is 929. The zero-order valence-electron chi connectivity index (χ0n) is 15.2. The topological polar surface area (TPSA) is 69.6 Å². The van der Waals surface area contributed by atoms with E-state index in [2.05, 4.69) is 5.32 Å². The fourth-order valence-corrected chi connectivity index (χ4v) is 4.31. The van der Waals surface area contributed by atoms with Gasteiger partial charge in [0.15, 0.2) is 0 Å². The van der Waals surface area contributed by atoms with E-state index in [1.54, 1.807) is 0 Å². The maximum atomic E-state index is 12.8. The zero-order valence-corrected chi connectivity index (χ0v) is 15.2. The molecule has 1 unspecified atom stereocenters. The molecule has 5 heteroatoms. The normalized spacial score (nSPS) is 20.7. The van der Waals surface area contributed by atoms with Crippen molar-refractivity contribution < 1.29 is 14.7 Å². The maximum Gasteiger partial charge on any atom is 0.412 e. The first-order valence-electron chi connectivity index (χ1n) is 8.78. The fraction of sp³-hybridized carbons (Fsp3) is 0.333. The SMILES string of the molecule is CC(C)(C)N(C(=O)O)c1ccc2c(c1)CC1(C2)C(=O)Nc2ccccc21. The summed E-state index contributed by atoms with van der Waals surface area (Å²) in [6, 6.07) is 13.6. The third-order valence-corrected chi connectivity index (χ3v) is 5.42. The monoisotopic (exact) mass is 350 g/mol. The molecule has 4 rings (SSSR count). The number of hydrogen-bond donors (Lipinski definition) is 2. The van der Waals surface area contributed by atoms with E-state index in [0.29, 0.717) is 18.5 Å². The Morgan fingerprint density at radius 3 is 2.50 bits per heavy atom. The summed E-state index contributed by atoms with van der Waals surface area (Å²) in [5, 5.41) is 12.7. The van der Waals surface area contributed by atoms with Crippen molar-refractivity contribution in [2.45, 2.75) is 44.6 Å². The molecule has 2 amide bonds. The molecule has 5 nitrogen and oxygen atoms in total. The van der Waals surface area contributed by atoms with Crippen molar-refractivity contribution in [2.24, 2.45) is 0 Å². The van der Waals surface area contributed by atoms with Gasteiger partial charge in [-0.05, 0) is 68.5 Å². The summed E-state index contributed by atoms with van der Waals surface area (Å²) in [6.45, 7) is 5.61. The molecule has 0 bridgehead atoms. The molecule has 1 heterocycles. The van der Waals surface area contributed by atoms with Gasteiger partial charge in [-0.2, -0.15) is 0 Å². The Morgan fingerprint density at radius 2 is 1.81 bits per heavy atom. The lowest BCUT2D eigenvalue weighted by Crippen LogP contribution is -2.45. The lowest BCUT2D eigenvalue weighted by molar-refractivity contribution is -0.120. The summed E-state index contributed by atoms with van der Waals surface area (Å²) < 4.78 is 0. The summed E-state index contributed by atoms with van der Waals surface area (Å²) in [5.74, 6) is 0.0300. The van der Waals surface area contributed by atoms with E-state index in [9.17, 15) is 14.7 Å². The Labute approximate surface area is 152 Å². The number of benzene rings is 2. The van der Waals surface area contributed by atoms with Gasteiger partial charge in [0, 0.05) is 16.9 Å². The van der Waals surface area contributed by atoms with E-state index in [0.717, 1.165) is 22.4 Å². The number of rotatable bonds is 1. The molecular weight excluding hydrogens is 328 g/mol. The van der Waals surface area contributed by atoms with Crippen LogP contribution in [0.5, 0.6) is 0 Å². The molecule has 0 radical (unpaired) electrons. The minimum absolute atomic E-state index is 0.0300. The lowest BCUT2D eigenvalue weighted by atomic mass is 9.79. The molecule has 0 saturated heterocycles. The number of para-hydroxylation sites is 1. The van der Waals surface area contributed by atoms with Gasteiger partial charge < -0.3 is 10.4 Å². The number of amides is 2. The van der Waals surface area contributed by atoms with Gasteiger partial charge in [-0.15, -0.1) is 0 Å². The number of carbonyl (C=O) groups excluding carboxylic acids is 1. The summed E-state index contributed by atoms with van der Waals surface area (Å²) in [7, 11) is 0. The predicted molar refractivity (Wildman–Crippen MR) is 101 cm³/mol. The average Bonchev–Trinajstić information content (AvgIpc) is 3.05. The lowest BCUT2D eigenvalue weighted by Gasteiger charge is -2.33. The standard InChI is InChI=1S/C21H22N2O3/c1-20(2,3)23(19(25)26)15-9-8-13-11-21(12-14(13)10-15)16-6-4-5-7-17(16)22-18(21)24/h4-10H,11-12H2,1-3H3,(H,22,24)(H,25,26). The van der Waals surface area contributed by atoms with Crippen LogP contribution in [0.25, 0.3) is 0 Å². The van der Waals surface area contributed by atoms with Gasteiger partial charge in [0.1, 0.15) is 0 Å². The Hall–Kier alpha value is -2.82. The van der Waals surface area contributed by atoms with E-state index in [-0.39, 0.29) is 5.91 Å². The molecule has 1 atom stereocenters. The van der Waals surface area contributed by atoms with Crippen LogP contribution in [0.2, 0.25) is 0 Å². The van der Waals surface area contributed by atoms with Gasteiger partial charge in [-0.1, -0.05) is 24.3 Å². The second-order valence-electron chi connectivity index (χ2n) is 8.18. The summed E-state index contributed by atoms with van der Waals surface area (Å²) >= 11 is 0. The molecule has 0 saturated carbocycles.